The summed E-state index contributed by atoms with van der Waals surface area (Å²) in [6.07, 6.45) is 1.06. The molecule has 17 heavy (non-hydrogen) atoms. The molecule has 94 valence electrons. The number of ether oxygens (including phenoxy) is 1. The van der Waals surface area contributed by atoms with Crippen molar-refractivity contribution in [3.05, 3.63) is 33.0 Å². The lowest BCUT2D eigenvalue weighted by Gasteiger charge is -2.06. The summed E-state index contributed by atoms with van der Waals surface area (Å²) in [5, 5.41) is -0.0645. The molecule has 0 saturated heterocycles. The zero-order valence-electron chi connectivity index (χ0n) is 9.43. The second-order valence-corrected chi connectivity index (χ2v) is 4.74. The second kappa shape index (κ2) is 7.09. The first-order chi connectivity index (χ1) is 8.07. The van der Waals surface area contributed by atoms with E-state index in [1.807, 2.05) is 6.92 Å². The molecule has 0 N–H and O–H groups in total. The fourth-order valence-corrected chi connectivity index (χ4v) is 1.76. The Bertz CT molecular complexity index is 410. The minimum atomic E-state index is -0.679. The van der Waals surface area contributed by atoms with Crippen LogP contribution >= 0.6 is 27.5 Å². The summed E-state index contributed by atoms with van der Waals surface area (Å²) in [5.74, 6) is -0.977. The predicted molar refractivity (Wildman–Crippen MR) is 69.2 cm³/mol. The smallest absolute Gasteiger partial charge is 0.168 e. The van der Waals surface area contributed by atoms with Crippen molar-refractivity contribution in [3.63, 3.8) is 0 Å². The van der Waals surface area contributed by atoms with Crippen LogP contribution in [0.2, 0.25) is 5.02 Å². The van der Waals surface area contributed by atoms with Gasteiger partial charge in [-0.05, 0) is 34.5 Å². The van der Waals surface area contributed by atoms with Crippen LogP contribution in [0.25, 0.3) is 0 Å². The number of benzene rings is 1. The molecule has 0 bridgehead atoms. The predicted octanol–water partition coefficient (Wildman–Crippen LogP) is 4.24. The molecular formula is C12H13BrClFO2. The normalized spacial score (nSPS) is 10.6. The highest BCUT2D eigenvalue weighted by molar-refractivity contribution is 9.10. The van der Waals surface area contributed by atoms with E-state index in [4.69, 9.17) is 16.3 Å². The lowest BCUT2D eigenvalue weighted by Crippen LogP contribution is -2.07. The van der Waals surface area contributed by atoms with Gasteiger partial charge in [0.05, 0.1) is 17.2 Å². The fourth-order valence-electron chi connectivity index (χ4n) is 1.29. The zero-order chi connectivity index (χ0) is 12.8. The Morgan fingerprint density at radius 3 is 2.82 bits per heavy atom. The van der Waals surface area contributed by atoms with Crippen molar-refractivity contribution in [2.75, 3.05) is 13.2 Å². The number of hydrogen-bond acceptors (Lipinski definition) is 2. The van der Waals surface area contributed by atoms with E-state index >= 15 is 0 Å². The second-order valence-electron chi connectivity index (χ2n) is 3.51. The Labute approximate surface area is 113 Å². The average molecular weight is 324 g/mol. The van der Waals surface area contributed by atoms with Crippen LogP contribution in [0.4, 0.5) is 4.39 Å². The van der Waals surface area contributed by atoms with E-state index in [2.05, 4.69) is 15.9 Å². The highest BCUT2D eigenvalue weighted by Gasteiger charge is 2.16. The van der Waals surface area contributed by atoms with Gasteiger partial charge in [-0.15, -0.1) is 0 Å². The van der Waals surface area contributed by atoms with E-state index in [0.717, 1.165) is 6.42 Å². The van der Waals surface area contributed by atoms with Crippen LogP contribution in [0.5, 0.6) is 0 Å². The maximum absolute atomic E-state index is 13.7. The van der Waals surface area contributed by atoms with Gasteiger partial charge in [0.25, 0.3) is 0 Å². The van der Waals surface area contributed by atoms with E-state index in [1.165, 1.54) is 6.07 Å². The largest absolute Gasteiger partial charge is 0.381 e. The lowest BCUT2D eigenvalue weighted by atomic mass is 10.1. The first-order valence-electron chi connectivity index (χ1n) is 5.32. The van der Waals surface area contributed by atoms with Crippen LogP contribution < -0.4 is 0 Å². The molecule has 0 unspecified atom stereocenters. The van der Waals surface area contributed by atoms with Crippen molar-refractivity contribution in [1.82, 2.24) is 0 Å². The third-order valence-electron chi connectivity index (χ3n) is 2.16. The number of ketones is 1. The Morgan fingerprint density at radius 2 is 2.18 bits per heavy atom. The molecule has 0 aliphatic rings. The molecule has 1 aromatic rings. The Balaban J connectivity index is 2.66. The van der Waals surface area contributed by atoms with Gasteiger partial charge in [-0.3, -0.25) is 4.79 Å². The summed E-state index contributed by atoms with van der Waals surface area (Å²) in [5.41, 5.74) is 0.0123. The molecule has 0 atom stereocenters. The number of Topliss-reactive ketones (excluding diaryl/α,β-unsaturated/α-hetero) is 1. The molecule has 0 aromatic heterocycles. The van der Waals surface area contributed by atoms with Crippen LogP contribution in [-0.2, 0) is 4.74 Å². The number of halogens is 3. The summed E-state index contributed by atoms with van der Waals surface area (Å²) >= 11 is 8.80. The van der Waals surface area contributed by atoms with Gasteiger partial charge >= 0.3 is 0 Å². The Hall–Kier alpha value is -0.450. The molecule has 0 spiro atoms. The summed E-state index contributed by atoms with van der Waals surface area (Å²) in [4.78, 5) is 11.7. The lowest BCUT2D eigenvalue weighted by molar-refractivity contribution is 0.0875. The highest BCUT2D eigenvalue weighted by Crippen LogP contribution is 2.28. The minimum Gasteiger partial charge on any atom is -0.381 e. The molecule has 0 heterocycles. The standard InChI is InChI=1S/C12H13BrClFO2/c1-2-6-17-7-5-10(16)8-3-4-9(13)11(14)12(8)15/h3-4H,2,5-7H2,1H3. The van der Waals surface area contributed by atoms with E-state index in [-0.39, 0.29) is 22.8 Å². The monoisotopic (exact) mass is 322 g/mol. The molecule has 0 saturated carbocycles. The maximum atomic E-state index is 13.7. The van der Waals surface area contributed by atoms with Crippen molar-refractivity contribution in [2.45, 2.75) is 19.8 Å². The average Bonchev–Trinajstić information content (AvgIpc) is 2.31. The van der Waals surface area contributed by atoms with Crippen molar-refractivity contribution >= 4 is 33.3 Å². The van der Waals surface area contributed by atoms with E-state index in [1.54, 1.807) is 6.07 Å². The fraction of sp³-hybridized carbons (Fsp3) is 0.417. The van der Waals surface area contributed by atoms with Gasteiger partial charge < -0.3 is 4.74 Å². The van der Waals surface area contributed by atoms with Crippen molar-refractivity contribution < 1.29 is 13.9 Å². The number of carbonyl (C=O) groups excluding carboxylic acids is 1. The van der Waals surface area contributed by atoms with Gasteiger partial charge in [-0.1, -0.05) is 18.5 Å². The van der Waals surface area contributed by atoms with Crippen LogP contribution in [0.3, 0.4) is 0 Å². The zero-order valence-corrected chi connectivity index (χ0v) is 11.8. The highest BCUT2D eigenvalue weighted by atomic mass is 79.9. The minimum absolute atomic E-state index is 0.0123. The summed E-state index contributed by atoms with van der Waals surface area (Å²) in [7, 11) is 0. The van der Waals surface area contributed by atoms with Gasteiger partial charge in [0.15, 0.2) is 11.6 Å². The quantitative estimate of drug-likeness (QED) is 0.444. The summed E-state index contributed by atoms with van der Waals surface area (Å²) in [6, 6.07) is 2.99. The van der Waals surface area contributed by atoms with Gasteiger partial charge in [0.2, 0.25) is 0 Å². The third kappa shape index (κ3) is 4.05. The molecule has 0 amide bonds. The van der Waals surface area contributed by atoms with E-state index in [9.17, 15) is 9.18 Å². The molecule has 0 aliphatic carbocycles. The number of carbonyl (C=O) groups is 1. The van der Waals surface area contributed by atoms with Crippen LogP contribution in [0.1, 0.15) is 30.1 Å². The SMILES string of the molecule is CCCOCCC(=O)c1ccc(Br)c(Cl)c1F. The van der Waals surface area contributed by atoms with Gasteiger partial charge in [-0.2, -0.15) is 0 Å². The van der Waals surface area contributed by atoms with Crippen LogP contribution in [-0.4, -0.2) is 19.0 Å². The summed E-state index contributed by atoms with van der Waals surface area (Å²) < 4.78 is 19.3. The first kappa shape index (κ1) is 14.6. The Morgan fingerprint density at radius 1 is 1.47 bits per heavy atom. The van der Waals surface area contributed by atoms with Gasteiger partial charge in [0, 0.05) is 17.5 Å². The molecular weight excluding hydrogens is 310 g/mol. The molecule has 0 aliphatic heterocycles. The molecule has 1 rings (SSSR count). The van der Waals surface area contributed by atoms with Crippen LogP contribution in [0, 0.1) is 5.82 Å². The molecule has 2 nitrogen and oxygen atoms in total. The van der Waals surface area contributed by atoms with Gasteiger partial charge in [0.1, 0.15) is 0 Å². The Kier molecular flexibility index (Phi) is 6.09. The molecule has 0 fully saturated rings. The topological polar surface area (TPSA) is 26.3 Å². The molecule has 0 radical (unpaired) electrons. The summed E-state index contributed by atoms with van der Waals surface area (Å²) in [6.45, 7) is 2.90. The van der Waals surface area contributed by atoms with E-state index < -0.39 is 5.82 Å². The van der Waals surface area contributed by atoms with Crippen molar-refractivity contribution in [2.24, 2.45) is 0 Å². The van der Waals surface area contributed by atoms with Crippen LogP contribution in [0.15, 0.2) is 16.6 Å². The van der Waals surface area contributed by atoms with Crippen molar-refractivity contribution in [3.8, 4) is 0 Å². The third-order valence-corrected chi connectivity index (χ3v) is 3.42. The number of rotatable bonds is 6. The maximum Gasteiger partial charge on any atom is 0.168 e. The van der Waals surface area contributed by atoms with Gasteiger partial charge in [-0.25, -0.2) is 4.39 Å². The molecule has 5 heteroatoms. The number of hydrogen-bond donors (Lipinski definition) is 0. The molecule has 1 aromatic carbocycles. The van der Waals surface area contributed by atoms with Crippen molar-refractivity contribution in [1.29, 1.82) is 0 Å². The first-order valence-corrected chi connectivity index (χ1v) is 6.49. The van der Waals surface area contributed by atoms with E-state index in [0.29, 0.717) is 17.7 Å².